The highest BCUT2D eigenvalue weighted by Gasteiger charge is 2.17. The Morgan fingerprint density at radius 2 is 1.26 bits per heavy atom. The smallest absolute Gasteiger partial charge is 0.307 e. The van der Waals surface area contributed by atoms with E-state index in [1.54, 1.807) is 0 Å². The van der Waals surface area contributed by atoms with Crippen LogP contribution in [0.2, 0.25) is 0 Å². The minimum atomic E-state index is 0.588. The van der Waals surface area contributed by atoms with E-state index in [0.717, 1.165) is 33.2 Å². The number of benzene rings is 5. The zero-order chi connectivity index (χ0) is 22.9. The fourth-order valence-corrected chi connectivity index (χ4v) is 5.34. The minimum absolute atomic E-state index is 0.588. The van der Waals surface area contributed by atoms with Gasteiger partial charge in [0.2, 0.25) is 0 Å². The van der Waals surface area contributed by atoms with Crippen LogP contribution in [0.4, 0.5) is 0 Å². The van der Waals surface area contributed by atoms with E-state index in [0.29, 0.717) is 6.01 Å². The number of rotatable bonds is 2. The topological polar surface area (TPSA) is 46.8 Å². The number of aromatic amines is 1. The van der Waals surface area contributed by atoms with Gasteiger partial charge in [-0.1, -0.05) is 60.7 Å². The number of hydrogen-bond donors (Lipinski definition) is 1. The van der Waals surface area contributed by atoms with Gasteiger partial charge in [-0.2, -0.15) is 4.98 Å². The highest BCUT2D eigenvalue weighted by molar-refractivity contribution is 6.11. The van der Waals surface area contributed by atoms with Gasteiger partial charge in [0.25, 0.3) is 0 Å². The molecule has 35 heavy (non-hydrogen) atoms. The largest absolute Gasteiger partial charge is 0.423 e. The zero-order valence-electron chi connectivity index (χ0n) is 18.7. The van der Waals surface area contributed by atoms with Crippen molar-refractivity contribution in [2.75, 3.05) is 0 Å². The Hall–Kier alpha value is -4.83. The van der Waals surface area contributed by atoms with E-state index in [1.807, 2.05) is 24.3 Å². The van der Waals surface area contributed by atoms with Gasteiger partial charge in [-0.05, 0) is 59.7 Å². The molecule has 4 heteroatoms. The molecule has 0 amide bonds. The van der Waals surface area contributed by atoms with Crippen LogP contribution in [-0.2, 0) is 0 Å². The highest BCUT2D eigenvalue weighted by Crippen LogP contribution is 2.36. The van der Waals surface area contributed by atoms with E-state index < -0.39 is 0 Å². The number of aromatic nitrogens is 3. The summed E-state index contributed by atoms with van der Waals surface area (Å²) in [6.45, 7) is 0. The maximum Gasteiger partial charge on any atom is 0.307 e. The van der Waals surface area contributed by atoms with E-state index in [2.05, 4.69) is 94.5 Å². The summed E-state index contributed by atoms with van der Waals surface area (Å²) in [6, 6.07) is 38.7. The van der Waals surface area contributed by atoms with Gasteiger partial charge in [-0.25, -0.2) is 0 Å². The van der Waals surface area contributed by atoms with Crippen LogP contribution in [0.5, 0.6) is 0 Å². The fourth-order valence-electron chi connectivity index (χ4n) is 5.34. The molecule has 0 bridgehead atoms. The van der Waals surface area contributed by atoms with Crippen LogP contribution < -0.4 is 0 Å². The molecule has 0 spiro atoms. The summed E-state index contributed by atoms with van der Waals surface area (Å²) >= 11 is 0. The molecule has 164 valence electrons. The van der Waals surface area contributed by atoms with Crippen molar-refractivity contribution in [2.24, 2.45) is 0 Å². The van der Waals surface area contributed by atoms with Gasteiger partial charge in [-0.3, -0.25) is 4.57 Å². The molecular weight excluding hydrogens is 430 g/mol. The molecule has 8 rings (SSSR count). The summed E-state index contributed by atoms with van der Waals surface area (Å²) in [5.41, 5.74) is 8.51. The van der Waals surface area contributed by atoms with Gasteiger partial charge in [0.05, 0.1) is 11.0 Å². The SMILES string of the molecule is c1ccc2oc(-n3c4ccccc4c4cc(-c5ccc6[nH]c7ccccc7c6c5)ccc43)nc2c1. The van der Waals surface area contributed by atoms with Crippen LogP contribution in [-0.4, -0.2) is 14.5 Å². The van der Waals surface area contributed by atoms with Crippen LogP contribution in [0, 0.1) is 0 Å². The van der Waals surface area contributed by atoms with E-state index in [-0.39, 0.29) is 0 Å². The monoisotopic (exact) mass is 449 g/mol. The molecule has 0 radical (unpaired) electrons. The van der Waals surface area contributed by atoms with Gasteiger partial charge in [0.1, 0.15) is 5.52 Å². The summed E-state index contributed by atoms with van der Waals surface area (Å²) in [4.78, 5) is 8.31. The van der Waals surface area contributed by atoms with Crippen molar-refractivity contribution in [1.82, 2.24) is 14.5 Å². The van der Waals surface area contributed by atoms with Crippen molar-refractivity contribution in [1.29, 1.82) is 0 Å². The number of fused-ring (bicyclic) bond motifs is 7. The molecule has 5 aromatic carbocycles. The summed E-state index contributed by atoms with van der Waals surface area (Å²) in [7, 11) is 0. The van der Waals surface area contributed by atoms with Gasteiger partial charge in [-0.15, -0.1) is 0 Å². The van der Waals surface area contributed by atoms with Gasteiger partial charge in [0, 0.05) is 32.6 Å². The number of nitrogens with one attached hydrogen (secondary N) is 1. The predicted molar refractivity (Wildman–Crippen MR) is 143 cm³/mol. The number of hydrogen-bond acceptors (Lipinski definition) is 2. The molecule has 0 saturated heterocycles. The Labute approximate surface area is 200 Å². The van der Waals surface area contributed by atoms with Gasteiger partial charge >= 0.3 is 6.01 Å². The first-order chi connectivity index (χ1) is 17.3. The van der Waals surface area contributed by atoms with Crippen LogP contribution in [0.15, 0.2) is 114 Å². The number of nitrogens with zero attached hydrogens (tertiary/aromatic N) is 2. The number of H-pyrrole nitrogens is 1. The average molecular weight is 450 g/mol. The molecule has 0 aliphatic carbocycles. The van der Waals surface area contributed by atoms with Gasteiger partial charge in [0.15, 0.2) is 5.58 Å². The third-order valence-corrected chi connectivity index (χ3v) is 6.99. The number of para-hydroxylation sites is 4. The lowest BCUT2D eigenvalue weighted by atomic mass is 10.0. The molecule has 4 nitrogen and oxygen atoms in total. The normalized spacial score (nSPS) is 12.0. The lowest BCUT2D eigenvalue weighted by molar-refractivity contribution is 0.574. The van der Waals surface area contributed by atoms with Crippen LogP contribution in [0.25, 0.3) is 71.9 Å². The average Bonchev–Trinajstić information content (AvgIpc) is 3.59. The molecule has 1 N–H and O–H groups in total. The second kappa shape index (κ2) is 6.84. The van der Waals surface area contributed by atoms with Crippen molar-refractivity contribution < 1.29 is 4.42 Å². The molecule has 3 aromatic heterocycles. The van der Waals surface area contributed by atoms with Crippen molar-refractivity contribution in [3.63, 3.8) is 0 Å². The molecule has 8 aromatic rings. The van der Waals surface area contributed by atoms with E-state index in [4.69, 9.17) is 9.40 Å². The molecular formula is C31H19N3O. The fraction of sp³-hybridized carbons (Fsp3) is 0. The summed E-state index contributed by atoms with van der Waals surface area (Å²) < 4.78 is 8.29. The molecule has 3 heterocycles. The standard InChI is InChI=1S/C31H19N3O/c1-3-9-25-21(7-1)23-17-19(13-15-26(23)32-25)20-14-16-29-24(18-20)22-8-2-5-11-28(22)34(29)31-33-27-10-4-6-12-30(27)35-31/h1-18,32H. The van der Waals surface area contributed by atoms with E-state index in [9.17, 15) is 0 Å². The lowest BCUT2D eigenvalue weighted by Crippen LogP contribution is -1.93. The Bertz CT molecular complexity index is 2040. The maximum absolute atomic E-state index is 6.17. The first kappa shape index (κ1) is 18.6. The van der Waals surface area contributed by atoms with E-state index >= 15 is 0 Å². The molecule has 0 saturated carbocycles. The second-order valence-corrected chi connectivity index (χ2v) is 8.98. The van der Waals surface area contributed by atoms with Gasteiger partial charge < -0.3 is 9.40 Å². The Morgan fingerprint density at radius 3 is 2.17 bits per heavy atom. The van der Waals surface area contributed by atoms with Crippen molar-refractivity contribution >= 4 is 54.7 Å². The number of oxazole rings is 1. The molecule has 0 aliphatic rings. The molecule has 0 atom stereocenters. The molecule has 0 aliphatic heterocycles. The van der Waals surface area contributed by atoms with Crippen molar-refractivity contribution in [2.45, 2.75) is 0 Å². The first-order valence-corrected chi connectivity index (χ1v) is 11.7. The Morgan fingerprint density at radius 1 is 0.571 bits per heavy atom. The summed E-state index contributed by atoms with van der Waals surface area (Å²) in [5, 5.41) is 4.85. The lowest BCUT2D eigenvalue weighted by Gasteiger charge is -2.05. The quantitative estimate of drug-likeness (QED) is 0.289. The summed E-state index contributed by atoms with van der Waals surface area (Å²) in [5.74, 6) is 0. The first-order valence-electron chi connectivity index (χ1n) is 11.7. The van der Waals surface area contributed by atoms with Crippen molar-refractivity contribution in [3.05, 3.63) is 109 Å². The third kappa shape index (κ3) is 2.65. The van der Waals surface area contributed by atoms with Crippen LogP contribution in [0.3, 0.4) is 0 Å². The molecule has 0 unspecified atom stereocenters. The second-order valence-electron chi connectivity index (χ2n) is 8.98. The van der Waals surface area contributed by atoms with Crippen LogP contribution in [0.1, 0.15) is 0 Å². The summed E-state index contributed by atoms with van der Waals surface area (Å²) in [6.07, 6.45) is 0. The van der Waals surface area contributed by atoms with Crippen LogP contribution >= 0.6 is 0 Å². The highest BCUT2D eigenvalue weighted by atomic mass is 16.4. The third-order valence-electron chi connectivity index (χ3n) is 6.99. The van der Waals surface area contributed by atoms with E-state index in [1.165, 1.54) is 32.7 Å². The Balaban J connectivity index is 1.37. The predicted octanol–water partition coefficient (Wildman–Crippen LogP) is 8.23. The van der Waals surface area contributed by atoms with Crippen molar-refractivity contribution in [3.8, 4) is 17.1 Å². The zero-order valence-corrected chi connectivity index (χ0v) is 18.7. The Kier molecular flexibility index (Phi) is 3.63. The maximum atomic E-state index is 6.17. The molecule has 0 fully saturated rings. The minimum Gasteiger partial charge on any atom is -0.423 e.